The maximum atomic E-state index is 13.2. The second kappa shape index (κ2) is 20.6. The Kier molecular flexibility index (Phi) is 14.5. The number of carbonyl (C=O) groups excluding carboxylic acids is 4. The summed E-state index contributed by atoms with van der Waals surface area (Å²) in [7, 11) is -1.04. The van der Waals surface area contributed by atoms with Gasteiger partial charge < -0.3 is 40.0 Å². The van der Waals surface area contributed by atoms with Crippen LogP contribution in [0.5, 0.6) is 5.75 Å². The van der Waals surface area contributed by atoms with Crippen molar-refractivity contribution in [2.75, 3.05) is 87.1 Å². The van der Waals surface area contributed by atoms with E-state index in [1.165, 1.54) is 6.20 Å². The third-order valence-electron chi connectivity index (χ3n) is 12.7. The lowest BCUT2D eigenvalue weighted by Gasteiger charge is -2.43. The molecule has 18 heteroatoms. The first-order valence-electron chi connectivity index (χ1n) is 22.5. The fourth-order valence-electron chi connectivity index (χ4n) is 9.24. The van der Waals surface area contributed by atoms with E-state index in [4.69, 9.17) is 22.8 Å². The van der Waals surface area contributed by atoms with E-state index < -0.39 is 25.0 Å². The van der Waals surface area contributed by atoms with Crippen molar-refractivity contribution in [3.8, 4) is 29.9 Å². The lowest BCUT2D eigenvalue weighted by atomic mass is 10.0. The predicted molar refractivity (Wildman–Crippen MR) is 261 cm³/mol. The number of unbranched alkanes of at least 4 members (excludes halogenated alkanes) is 1. The molecule has 5 heterocycles. The molecule has 3 fully saturated rings. The van der Waals surface area contributed by atoms with Crippen LogP contribution in [-0.4, -0.2) is 127 Å². The molecule has 3 saturated heterocycles. The van der Waals surface area contributed by atoms with Gasteiger partial charge in [0.1, 0.15) is 24.0 Å². The van der Waals surface area contributed by atoms with Gasteiger partial charge in [0.2, 0.25) is 17.8 Å². The Hall–Kier alpha value is -6.42. The zero-order valence-corrected chi connectivity index (χ0v) is 39.5. The molecule has 0 aliphatic carbocycles. The van der Waals surface area contributed by atoms with Gasteiger partial charge in [0.05, 0.1) is 36.1 Å². The van der Waals surface area contributed by atoms with Gasteiger partial charge in [-0.1, -0.05) is 41.6 Å². The largest absolute Gasteiger partial charge is 0.494 e. The molecule has 4 aliphatic rings. The molecule has 0 bridgehead atoms. The average Bonchev–Trinajstić information content (AvgIpc) is 3.66. The quantitative estimate of drug-likeness (QED) is 0.0562. The first kappa shape index (κ1) is 47.1. The number of ether oxygens (including phenoxy) is 1. The molecule has 4 amide bonds. The molecular formula is C49H54ClN10O6P. The molecule has 4 aromatic rings. The van der Waals surface area contributed by atoms with E-state index in [9.17, 15) is 23.7 Å². The number of hydrogen-bond acceptors (Lipinski definition) is 13. The number of nitrogens with one attached hydrogen (secondary N) is 4. The number of piperazine rings is 1. The second-order valence-electron chi connectivity index (χ2n) is 17.4. The highest BCUT2D eigenvalue weighted by Crippen LogP contribution is 2.41. The summed E-state index contributed by atoms with van der Waals surface area (Å²) < 4.78 is 18.9. The minimum Gasteiger partial charge on any atom is -0.494 e. The number of terminal acetylenes is 1. The van der Waals surface area contributed by atoms with Crippen LogP contribution in [0.3, 0.4) is 0 Å². The Morgan fingerprint density at radius 2 is 1.75 bits per heavy atom. The van der Waals surface area contributed by atoms with Crippen molar-refractivity contribution in [3.05, 3.63) is 82.5 Å². The van der Waals surface area contributed by atoms with E-state index in [2.05, 4.69) is 63.7 Å². The molecular weight excluding hydrogens is 891 g/mol. The summed E-state index contributed by atoms with van der Waals surface area (Å²) >= 11 is 6.52. The molecule has 0 saturated carbocycles. The van der Waals surface area contributed by atoms with E-state index in [0.717, 1.165) is 88.3 Å². The van der Waals surface area contributed by atoms with Gasteiger partial charge in [-0.3, -0.25) is 29.4 Å². The highest BCUT2D eigenvalue weighted by molar-refractivity contribution is 7.70. The average molecular weight is 945 g/mol. The van der Waals surface area contributed by atoms with Gasteiger partial charge in [0.25, 0.3) is 11.8 Å². The van der Waals surface area contributed by atoms with Crippen molar-refractivity contribution in [2.45, 2.75) is 57.2 Å². The van der Waals surface area contributed by atoms with Crippen molar-refractivity contribution >= 4 is 82.2 Å². The number of benzene rings is 3. The smallest absolute Gasteiger partial charge is 0.300 e. The third-order valence-corrected chi connectivity index (χ3v) is 14.6. The Balaban J connectivity index is 0.840. The van der Waals surface area contributed by atoms with Crippen LogP contribution in [0.1, 0.15) is 60.0 Å². The van der Waals surface area contributed by atoms with Crippen LogP contribution in [0.2, 0.25) is 5.02 Å². The molecule has 1 aromatic heterocycles. The van der Waals surface area contributed by atoms with E-state index in [1.807, 2.05) is 42.5 Å². The SMILES string of the molecule is C#CC(=O)Nc1cc(Nc2ncc(Cl)c(Nc3ccccc3P(C)(C)=O)n2)c(OC)cc1N1CCC(N2CCN(CCCC#Cc3cccc4c3CN(C3CCC(=O)NC3=O)C4=O)CC2)CC1. The molecule has 0 spiro atoms. The minimum absolute atomic E-state index is 0.194. The molecule has 8 rings (SSSR count). The van der Waals surface area contributed by atoms with Gasteiger partial charge in [-0.05, 0) is 87.4 Å². The number of piperidine rings is 2. The number of fused-ring (bicyclic) bond motifs is 1. The summed E-state index contributed by atoms with van der Waals surface area (Å²) in [5.41, 5.74) is 4.65. The molecule has 4 aliphatic heterocycles. The monoisotopic (exact) mass is 944 g/mol. The molecule has 1 atom stereocenters. The van der Waals surface area contributed by atoms with Gasteiger partial charge in [0, 0.05) is 87.2 Å². The van der Waals surface area contributed by atoms with E-state index >= 15 is 0 Å². The summed E-state index contributed by atoms with van der Waals surface area (Å²) in [4.78, 5) is 67.9. The number of halogens is 1. The molecule has 348 valence electrons. The van der Waals surface area contributed by atoms with Crippen molar-refractivity contribution in [1.29, 1.82) is 0 Å². The molecule has 16 nitrogen and oxygen atoms in total. The summed E-state index contributed by atoms with van der Waals surface area (Å²) in [5, 5.41) is 12.6. The fraction of sp³-hybridized carbons (Fsp3) is 0.388. The number of methoxy groups -OCH3 is 1. The third kappa shape index (κ3) is 10.9. The number of nitrogens with zero attached hydrogens (tertiary/aromatic N) is 6. The first-order valence-corrected chi connectivity index (χ1v) is 25.4. The van der Waals surface area contributed by atoms with E-state index in [1.54, 1.807) is 37.5 Å². The van der Waals surface area contributed by atoms with Crippen LogP contribution in [0.25, 0.3) is 0 Å². The van der Waals surface area contributed by atoms with Crippen LogP contribution < -0.4 is 36.2 Å². The molecule has 0 radical (unpaired) electrons. The Bertz CT molecular complexity index is 2730. The maximum absolute atomic E-state index is 13.2. The van der Waals surface area contributed by atoms with Crippen LogP contribution in [0.15, 0.2) is 60.8 Å². The van der Waals surface area contributed by atoms with Crippen molar-refractivity contribution in [2.24, 2.45) is 0 Å². The summed E-state index contributed by atoms with van der Waals surface area (Å²) in [6, 6.07) is 16.3. The normalized spacial score (nSPS) is 18.1. The van der Waals surface area contributed by atoms with Gasteiger partial charge in [-0.2, -0.15) is 4.98 Å². The molecule has 4 N–H and O–H groups in total. The van der Waals surface area contributed by atoms with E-state index in [0.29, 0.717) is 58.5 Å². The van der Waals surface area contributed by atoms with Gasteiger partial charge in [-0.15, -0.1) is 6.42 Å². The fourth-order valence-corrected chi connectivity index (χ4v) is 10.5. The van der Waals surface area contributed by atoms with Crippen molar-refractivity contribution < 1.29 is 28.5 Å². The number of hydrogen-bond donors (Lipinski definition) is 4. The number of rotatable bonds is 13. The molecule has 1 unspecified atom stereocenters. The number of anilines is 6. The van der Waals surface area contributed by atoms with Gasteiger partial charge >= 0.3 is 0 Å². The summed E-state index contributed by atoms with van der Waals surface area (Å²) in [5.74, 6) is 8.31. The topological polar surface area (TPSA) is 181 Å². The number of para-hydroxylation sites is 1. The standard InChI is InChI=1S/C49H54ClN10O6P/c1-5-44(61)52-38-28-39(54-49-51-30-36(50)46(56-49)53-37-15-8-9-16-43(37)67(3,4)65)42(66-2)29-41(38)59-22-19-33(20-23-59)58-26-24-57(25-27-58)21-10-6-7-12-32-13-11-14-34-35(32)31-60(48(34)64)40-17-18-45(62)55-47(40)63/h1,8-9,11,13-16,28-30,33,40H,6,10,17-27,31H2,2-4H3,(H,52,61)(H,55,62,63)(H2,51,53,54,56). The lowest BCUT2D eigenvalue weighted by Crippen LogP contribution is -2.53. The summed E-state index contributed by atoms with van der Waals surface area (Å²) in [6.07, 6.45) is 11.1. The molecule has 67 heavy (non-hydrogen) atoms. The first-order chi connectivity index (χ1) is 32.3. The summed E-state index contributed by atoms with van der Waals surface area (Å²) in [6.45, 7) is 10.1. The Labute approximate surface area is 395 Å². The second-order valence-corrected chi connectivity index (χ2v) is 21.0. The highest BCUT2D eigenvalue weighted by atomic mass is 35.5. The number of amides is 4. The Morgan fingerprint density at radius 3 is 2.48 bits per heavy atom. The Morgan fingerprint density at radius 1 is 0.970 bits per heavy atom. The van der Waals surface area contributed by atoms with Crippen LogP contribution in [-0.2, 0) is 25.5 Å². The minimum atomic E-state index is -2.62. The number of carbonyl (C=O) groups is 4. The van der Waals surface area contributed by atoms with E-state index in [-0.39, 0.29) is 29.2 Å². The highest BCUT2D eigenvalue weighted by Gasteiger charge is 2.40. The maximum Gasteiger partial charge on any atom is 0.300 e. The van der Waals surface area contributed by atoms with Crippen LogP contribution in [0, 0.1) is 24.2 Å². The van der Waals surface area contributed by atoms with Crippen molar-refractivity contribution in [1.82, 2.24) is 30.0 Å². The number of aromatic nitrogens is 2. The molecule has 3 aromatic carbocycles. The van der Waals surface area contributed by atoms with Crippen molar-refractivity contribution in [3.63, 3.8) is 0 Å². The zero-order chi connectivity index (χ0) is 47.2. The van der Waals surface area contributed by atoms with Crippen LogP contribution in [0.4, 0.5) is 34.5 Å². The predicted octanol–water partition coefficient (Wildman–Crippen LogP) is 5.62. The van der Waals surface area contributed by atoms with Gasteiger partial charge in [0.15, 0.2) is 5.82 Å². The van der Waals surface area contributed by atoms with Crippen LogP contribution >= 0.6 is 18.7 Å². The lowest BCUT2D eigenvalue weighted by molar-refractivity contribution is -0.137. The number of imide groups is 1. The zero-order valence-electron chi connectivity index (χ0n) is 37.9. The van der Waals surface area contributed by atoms with Gasteiger partial charge in [-0.25, -0.2) is 4.98 Å².